The zero-order valence-electron chi connectivity index (χ0n) is 19.3. The predicted octanol–water partition coefficient (Wildman–Crippen LogP) is 2.46. The first-order valence-electron chi connectivity index (χ1n) is 11.0. The molecule has 3 rings (SSSR count). The molecule has 0 aliphatic heterocycles. The summed E-state index contributed by atoms with van der Waals surface area (Å²) in [7, 11) is 0. The molecule has 11 heteroatoms. The molecular formula is C25H26ClN7O3. The molecule has 0 aliphatic rings. The molecule has 0 fully saturated rings. The van der Waals surface area contributed by atoms with Gasteiger partial charge in [-0.2, -0.15) is 5.10 Å². The number of hydrogen-bond acceptors (Lipinski definition) is 7. The van der Waals surface area contributed by atoms with Crippen molar-refractivity contribution < 1.29 is 14.7 Å². The minimum absolute atomic E-state index is 0.190. The van der Waals surface area contributed by atoms with Crippen LogP contribution >= 0.6 is 11.6 Å². The summed E-state index contributed by atoms with van der Waals surface area (Å²) >= 11 is 6.16. The van der Waals surface area contributed by atoms with Crippen LogP contribution in [0.4, 0.5) is 5.69 Å². The van der Waals surface area contributed by atoms with Gasteiger partial charge in [-0.15, -0.1) is 5.10 Å². The van der Waals surface area contributed by atoms with Crippen LogP contribution in [0.3, 0.4) is 0 Å². The number of nitrogens with two attached hydrogens (primary N) is 1. The van der Waals surface area contributed by atoms with Crippen molar-refractivity contribution in [3.63, 3.8) is 0 Å². The maximum Gasteiger partial charge on any atom is 0.252 e. The number of carbonyl (C=O) groups excluding carboxylic acids is 2. The Morgan fingerprint density at radius 3 is 2.69 bits per heavy atom. The SMILES string of the molecule is C=N/N=C\N(N)c1ccc(Cl)cc1CCNC(=O)[C@H](Cc1ccccc1)NC(=O)c1ccnc(O)c1. The average molecular weight is 508 g/mol. The lowest BCUT2D eigenvalue weighted by Crippen LogP contribution is -2.48. The van der Waals surface area contributed by atoms with E-state index in [1.165, 1.54) is 29.7 Å². The van der Waals surface area contributed by atoms with E-state index in [-0.39, 0.29) is 30.3 Å². The summed E-state index contributed by atoms with van der Waals surface area (Å²) in [5.74, 6) is 4.86. The van der Waals surface area contributed by atoms with Crippen LogP contribution < -0.4 is 21.5 Å². The van der Waals surface area contributed by atoms with Gasteiger partial charge in [0.25, 0.3) is 5.91 Å². The van der Waals surface area contributed by atoms with Crippen molar-refractivity contribution in [1.82, 2.24) is 15.6 Å². The Balaban J connectivity index is 1.71. The van der Waals surface area contributed by atoms with Crippen molar-refractivity contribution >= 4 is 42.2 Å². The van der Waals surface area contributed by atoms with Gasteiger partial charge in [0.2, 0.25) is 11.8 Å². The second kappa shape index (κ2) is 13.0. The molecule has 1 heterocycles. The quantitative estimate of drug-likeness (QED) is 0.136. The molecule has 0 spiro atoms. The highest BCUT2D eigenvalue weighted by molar-refractivity contribution is 6.30. The molecule has 0 radical (unpaired) electrons. The van der Waals surface area contributed by atoms with Crippen LogP contribution in [0.15, 0.2) is 77.1 Å². The van der Waals surface area contributed by atoms with E-state index in [1.54, 1.807) is 18.2 Å². The topological polar surface area (TPSA) is 145 Å². The summed E-state index contributed by atoms with van der Waals surface area (Å²) in [6.07, 6.45) is 3.31. The number of benzene rings is 2. The van der Waals surface area contributed by atoms with Crippen LogP contribution in [0.25, 0.3) is 0 Å². The molecule has 0 saturated heterocycles. The van der Waals surface area contributed by atoms with Crippen molar-refractivity contribution in [3.05, 3.63) is 88.6 Å². The Labute approximate surface area is 213 Å². The number of aromatic nitrogens is 1. The summed E-state index contributed by atoms with van der Waals surface area (Å²) in [6, 6.07) is 16.3. The van der Waals surface area contributed by atoms with Gasteiger partial charge in [-0.3, -0.25) is 14.6 Å². The number of amides is 2. The van der Waals surface area contributed by atoms with Gasteiger partial charge in [0.05, 0.1) is 5.69 Å². The molecule has 10 nitrogen and oxygen atoms in total. The molecule has 1 aromatic heterocycles. The number of hydrazine groups is 1. The van der Waals surface area contributed by atoms with E-state index in [1.807, 2.05) is 30.3 Å². The third kappa shape index (κ3) is 7.62. The van der Waals surface area contributed by atoms with Crippen molar-refractivity contribution in [2.75, 3.05) is 11.6 Å². The van der Waals surface area contributed by atoms with E-state index in [0.29, 0.717) is 17.1 Å². The molecule has 186 valence electrons. The van der Waals surface area contributed by atoms with Gasteiger partial charge in [-0.05, 0) is 41.8 Å². The molecule has 2 amide bonds. The normalized spacial score (nSPS) is 11.6. The number of nitrogens with one attached hydrogen (secondary N) is 2. The molecule has 2 aromatic carbocycles. The molecule has 1 atom stereocenters. The molecule has 0 bridgehead atoms. The Kier molecular flexibility index (Phi) is 9.49. The zero-order valence-corrected chi connectivity index (χ0v) is 20.1. The largest absolute Gasteiger partial charge is 0.493 e. The fourth-order valence-electron chi connectivity index (χ4n) is 3.46. The molecule has 5 N–H and O–H groups in total. The monoisotopic (exact) mass is 507 g/mol. The van der Waals surface area contributed by atoms with Gasteiger partial charge >= 0.3 is 0 Å². The lowest BCUT2D eigenvalue weighted by Gasteiger charge is -2.20. The van der Waals surface area contributed by atoms with Crippen molar-refractivity contribution in [1.29, 1.82) is 0 Å². The summed E-state index contributed by atoms with van der Waals surface area (Å²) in [6.45, 7) is 3.54. The van der Waals surface area contributed by atoms with E-state index >= 15 is 0 Å². The third-order valence-electron chi connectivity index (χ3n) is 5.18. The number of anilines is 1. The van der Waals surface area contributed by atoms with Gasteiger partial charge in [0, 0.05) is 42.5 Å². The first kappa shape index (κ1) is 26.3. The van der Waals surface area contributed by atoms with Crippen LogP contribution in [-0.4, -0.2) is 47.5 Å². The van der Waals surface area contributed by atoms with Crippen LogP contribution in [0.5, 0.6) is 5.88 Å². The summed E-state index contributed by atoms with van der Waals surface area (Å²) in [5, 5.41) is 24.1. The van der Waals surface area contributed by atoms with E-state index in [9.17, 15) is 14.7 Å². The van der Waals surface area contributed by atoms with E-state index in [2.05, 4.69) is 32.5 Å². The minimum Gasteiger partial charge on any atom is -0.493 e. The van der Waals surface area contributed by atoms with E-state index in [0.717, 1.165) is 11.1 Å². The summed E-state index contributed by atoms with van der Waals surface area (Å²) in [4.78, 5) is 29.5. The maximum atomic E-state index is 13.1. The molecule has 0 unspecified atom stereocenters. The number of halogens is 1. The van der Waals surface area contributed by atoms with Crippen molar-refractivity contribution in [3.8, 4) is 5.88 Å². The molecule has 3 aromatic rings. The van der Waals surface area contributed by atoms with Crippen LogP contribution in [-0.2, 0) is 17.6 Å². The third-order valence-corrected chi connectivity index (χ3v) is 5.42. The van der Waals surface area contributed by atoms with E-state index < -0.39 is 11.9 Å². The fraction of sp³-hybridized carbons (Fsp3) is 0.160. The van der Waals surface area contributed by atoms with E-state index in [4.69, 9.17) is 17.4 Å². The number of rotatable bonds is 11. The van der Waals surface area contributed by atoms with Crippen LogP contribution in [0.2, 0.25) is 5.02 Å². The van der Waals surface area contributed by atoms with Gasteiger partial charge in [0.15, 0.2) is 0 Å². The van der Waals surface area contributed by atoms with Crippen molar-refractivity contribution in [2.45, 2.75) is 18.9 Å². The van der Waals surface area contributed by atoms with Crippen LogP contribution in [0.1, 0.15) is 21.5 Å². The molecular weight excluding hydrogens is 482 g/mol. The average Bonchev–Trinajstić information content (AvgIpc) is 2.87. The predicted molar refractivity (Wildman–Crippen MR) is 140 cm³/mol. The second-order valence-corrected chi connectivity index (χ2v) is 8.15. The minimum atomic E-state index is -0.856. The van der Waals surface area contributed by atoms with Crippen LogP contribution in [0, 0.1) is 0 Å². The zero-order chi connectivity index (χ0) is 25.9. The Morgan fingerprint density at radius 1 is 1.19 bits per heavy atom. The molecule has 0 aliphatic carbocycles. The van der Waals surface area contributed by atoms with Crippen molar-refractivity contribution in [2.24, 2.45) is 16.0 Å². The highest BCUT2D eigenvalue weighted by Gasteiger charge is 2.22. The Hall–Kier alpha value is -4.28. The smallest absolute Gasteiger partial charge is 0.252 e. The highest BCUT2D eigenvalue weighted by Crippen LogP contribution is 2.22. The first-order chi connectivity index (χ1) is 17.4. The summed E-state index contributed by atoms with van der Waals surface area (Å²) < 4.78 is 0. The molecule has 36 heavy (non-hydrogen) atoms. The number of pyridine rings is 1. The number of hydrogen-bond donors (Lipinski definition) is 4. The lowest BCUT2D eigenvalue weighted by molar-refractivity contribution is -0.122. The maximum absolute atomic E-state index is 13.1. The second-order valence-electron chi connectivity index (χ2n) is 7.71. The molecule has 0 saturated carbocycles. The number of aromatic hydroxyl groups is 1. The summed E-state index contributed by atoms with van der Waals surface area (Å²) in [5.41, 5.74) is 2.47. The fourth-order valence-corrected chi connectivity index (χ4v) is 3.66. The Morgan fingerprint density at radius 2 is 1.97 bits per heavy atom. The standard InChI is InChI=1S/C25H26ClN7O3/c1-28-31-16-33(27)22-8-7-20(26)14-18(22)9-12-30-25(36)21(13-17-5-3-2-4-6-17)32-24(35)19-10-11-29-23(34)15-19/h2-8,10-11,14-16,21H,1,9,12-13,27H2,(H,29,34)(H,30,36)(H,32,35)/b31-16-/t21-/m0/s1. The highest BCUT2D eigenvalue weighted by atomic mass is 35.5. The lowest BCUT2D eigenvalue weighted by atomic mass is 10.0. The van der Waals surface area contributed by atoms with Gasteiger partial charge in [0.1, 0.15) is 12.4 Å². The van der Waals surface area contributed by atoms with Gasteiger partial charge < -0.3 is 15.7 Å². The van der Waals surface area contributed by atoms with Gasteiger partial charge in [-0.1, -0.05) is 41.9 Å². The van der Waals surface area contributed by atoms with Gasteiger partial charge in [-0.25, -0.2) is 10.8 Å². The number of carbonyl (C=O) groups is 2. The Bertz CT molecular complexity index is 1240. The first-order valence-corrected chi connectivity index (χ1v) is 11.3. The number of nitrogens with zero attached hydrogens (tertiary/aromatic N) is 4.